The number of ether oxygens (including phenoxy) is 2. The van der Waals surface area contributed by atoms with E-state index >= 15 is 0 Å². The lowest BCUT2D eigenvalue weighted by Gasteiger charge is -2.43. The van der Waals surface area contributed by atoms with E-state index in [4.69, 9.17) is 9.47 Å². The summed E-state index contributed by atoms with van der Waals surface area (Å²) in [6, 6.07) is 16.5. The Balaban J connectivity index is 1.54. The number of piperazine rings is 1. The summed E-state index contributed by atoms with van der Waals surface area (Å²) >= 11 is 0. The average molecular weight is 453 g/mol. The summed E-state index contributed by atoms with van der Waals surface area (Å²) in [6.45, 7) is 3.78. The van der Waals surface area contributed by atoms with Crippen LogP contribution in [0.2, 0.25) is 0 Å². The van der Waals surface area contributed by atoms with Gasteiger partial charge in [-0.3, -0.25) is 4.79 Å². The monoisotopic (exact) mass is 452 g/mol. The molecule has 2 atom stereocenters. The number of hydrogen-bond donors (Lipinski definition) is 1. The van der Waals surface area contributed by atoms with Gasteiger partial charge in [-0.05, 0) is 56.7 Å². The van der Waals surface area contributed by atoms with Gasteiger partial charge in [0.05, 0.1) is 31.8 Å². The second-order valence-corrected chi connectivity index (χ2v) is 9.29. The third kappa shape index (κ3) is 5.99. The molecule has 0 unspecified atom stereocenters. The van der Waals surface area contributed by atoms with Crippen LogP contribution in [0.4, 0.5) is 5.69 Å². The van der Waals surface area contributed by atoms with Gasteiger partial charge in [-0.1, -0.05) is 30.3 Å². The van der Waals surface area contributed by atoms with Crippen molar-refractivity contribution in [1.29, 1.82) is 0 Å². The first kappa shape index (κ1) is 23.4. The second-order valence-electron chi connectivity index (χ2n) is 9.29. The predicted molar refractivity (Wildman–Crippen MR) is 130 cm³/mol. The number of hydrogen-bond acceptors (Lipinski definition) is 5. The molecule has 0 radical (unpaired) electrons. The molecular weight excluding hydrogens is 416 g/mol. The maximum Gasteiger partial charge on any atom is 0.225 e. The van der Waals surface area contributed by atoms with Crippen LogP contribution in [0.3, 0.4) is 0 Å². The fourth-order valence-corrected chi connectivity index (χ4v) is 4.99. The van der Waals surface area contributed by atoms with Gasteiger partial charge in [-0.25, -0.2) is 0 Å². The SMILES string of the molecule is COc1ccc(N2CCN(C(=O)C[C@@H](C)O)[C@@H](Cc3ccccc3)C2)cc1OC1CCCC1. The fourth-order valence-electron chi connectivity index (χ4n) is 4.99. The summed E-state index contributed by atoms with van der Waals surface area (Å²) in [7, 11) is 1.68. The lowest BCUT2D eigenvalue weighted by Crippen LogP contribution is -2.56. The van der Waals surface area contributed by atoms with Gasteiger partial charge < -0.3 is 24.4 Å². The van der Waals surface area contributed by atoms with Gasteiger partial charge in [0, 0.05) is 31.4 Å². The number of carbonyl (C=O) groups is 1. The molecule has 1 heterocycles. The second kappa shape index (κ2) is 10.9. The molecule has 0 spiro atoms. The smallest absolute Gasteiger partial charge is 0.225 e. The van der Waals surface area contributed by atoms with Gasteiger partial charge in [-0.15, -0.1) is 0 Å². The third-order valence-corrected chi connectivity index (χ3v) is 6.70. The third-order valence-electron chi connectivity index (χ3n) is 6.70. The van der Waals surface area contributed by atoms with E-state index in [1.165, 1.54) is 18.4 Å². The average Bonchev–Trinajstić information content (AvgIpc) is 3.32. The minimum Gasteiger partial charge on any atom is -0.493 e. The maximum absolute atomic E-state index is 12.9. The zero-order valence-electron chi connectivity index (χ0n) is 19.8. The van der Waals surface area contributed by atoms with Crippen LogP contribution in [-0.2, 0) is 11.2 Å². The summed E-state index contributed by atoms with van der Waals surface area (Å²) in [5.41, 5.74) is 2.30. The summed E-state index contributed by atoms with van der Waals surface area (Å²) in [5, 5.41) is 9.77. The zero-order valence-corrected chi connectivity index (χ0v) is 19.8. The van der Waals surface area contributed by atoms with Crippen molar-refractivity contribution in [2.45, 2.75) is 63.7 Å². The van der Waals surface area contributed by atoms with Crippen molar-refractivity contribution in [2.75, 3.05) is 31.6 Å². The largest absolute Gasteiger partial charge is 0.493 e. The highest BCUT2D eigenvalue weighted by atomic mass is 16.5. The molecule has 0 bridgehead atoms. The van der Waals surface area contributed by atoms with Gasteiger partial charge in [-0.2, -0.15) is 0 Å². The fraction of sp³-hybridized carbons (Fsp3) is 0.519. The molecule has 1 saturated carbocycles. The molecule has 1 saturated heterocycles. The molecule has 2 aromatic carbocycles. The molecule has 6 nitrogen and oxygen atoms in total. The van der Waals surface area contributed by atoms with Crippen LogP contribution in [0.5, 0.6) is 11.5 Å². The van der Waals surface area contributed by atoms with Gasteiger partial charge in [0.1, 0.15) is 0 Å². The van der Waals surface area contributed by atoms with E-state index in [0.29, 0.717) is 6.54 Å². The van der Waals surface area contributed by atoms with Gasteiger partial charge in [0.2, 0.25) is 5.91 Å². The summed E-state index contributed by atoms with van der Waals surface area (Å²) in [4.78, 5) is 17.2. The Kier molecular flexibility index (Phi) is 7.76. The zero-order chi connectivity index (χ0) is 23.2. The highest BCUT2D eigenvalue weighted by Gasteiger charge is 2.31. The van der Waals surface area contributed by atoms with Crippen LogP contribution >= 0.6 is 0 Å². The highest BCUT2D eigenvalue weighted by Crippen LogP contribution is 2.36. The van der Waals surface area contributed by atoms with Crippen LogP contribution in [0, 0.1) is 0 Å². The Morgan fingerprint density at radius 3 is 2.55 bits per heavy atom. The standard InChI is InChI=1S/C27H36N2O4/c1-20(30)16-27(31)29-15-14-28(19-23(29)17-21-8-4-3-5-9-21)22-12-13-25(32-2)26(18-22)33-24-10-6-7-11-24/h3-5,8-9,12-13,18,20,23-24,30H,6-7,10-11,14-17,19H2,1-2H3/t20-,23+/m1/s1. The van der Waals surface area contributed by atoms with Crippen molar-refractivity contribution in [3.05, 3.63) is 54.1 Å². The minimum atomic E-state index is -0.634. The first-order chi connectivity index (χ1) is 16.0. The van der Waals surface area contributed by atoms with E-state index in [2.05, 4.69) is 29.2 Å². The predicted octanol–water partition coefficient (Wildman–Crippen LogP) is 4.05. The van der Waals surface area contributed by atoms with Crippen LogP contribution in [-0.4, -0.2) is 60.9 Å². The number of rotatable bonds is 8. The van der Waals surface area contributed by atoms with Crippen molar-refractivity contribution < 1.29 is 19.4 Å². The van der Waals surface area contributed by atoms with Crippen LogP contribution in [0.25, 0.3) is 0 Å². The molecule has 2 fully saturated rings. The van der Waals surface area contributed by atoms with E-state index in [0.717, 1.165) is 49.5 Å². The Hall–Kier alpha value is -2.73. The van der Waals surface area contributed by atoms with Crippen molar-refractivity contribution in [3.8, 4) is 11.5 Å². The number of aliphatic hydroxyl groups excluding tert-OH is 1. The van der Waals surface area contributed by atoms with Crippen LogP contribution in [0.1, 0.15) is 44.6 Å². The summed E-state index contributed by atoms with van der Waals surface area (Å²) < 4.78 is 11.9. The lowest BCUT2D eigenvalue weighted by molar-refractivity contribution is -0.135. The van der Waals surface area contributed by atoms with Crippen LogP contribution < -0.4 is 14.4 Å². The molecule has 1 aliphatic carbocycles. The number of amides is 1. The van der Waals surface area contributed by atoms with Crippen molar-refractivity contribution in [1.82, 2.24) is 4.90 Å². The normalized spacial score (nSPS) is 20.0. The van der Waals surface area contributed by atoms with Gasteiger partial charge in [0.15, 0.2) is 11.5 Å². The first-order valence-electron chi connectivity index (χ1n) is 12.1. The molecular formula is C27H36N2O4. The van der Waals surface area contributed by atoms with Crippen molar-refractivity contribution in [2.24, 2.45) is 0 Å². The number of anilines is 1. The maximum atomic E-state index is 12.9. The van der Waals surface area contributed by atoms with E-state index in [-0.39, 0.29) is 24.5 Å². The quantitative estimate of drug-likeness (QED) is 0.655. The number of aliphatic hydroxyl groups is 1. The molecule has 2 aliphatic rings. The van der Waals surface area contributed by atoms with Crippen molar-refractivity contribution in [3.63, 3.8) is 0 Å². The first-order valence-corrected chi connectivity index (χ1v) is 12.1. The highest BCUT2D eigenvalue weighted by molar-refractivity contribution is 5.77. The molecule has 6 heteroatoms. The van der Waals surface area contributed by atoms with Crippen molar-refractivity contribution >= 4 is 11.6 Å². The molecule has 33 heavy (non-hydrogen) atoms. The Morgan fingerprint density at radius 1 is 1.09 bits per heavy atom. The number of benzene rings is 2. The van der Waals surface area contributed by atoms with E-state index in [9.17, 15) is 9.90 Å². The molecule has 4 rings (SSSR count). The van der Waals surface area contributed by atoms with Crippen LogP contribution in [0.15, 0.2) is 48.5 Å². The Bertz CT molecular complexity index is 912. The minimum absolute atomic E-state index is 0.0190. The van der Waals surface area contributed by atoms with E-state index in [1.807, 2.05) is 29.2 Å². The van der Waals surface area contributed by atoms with E-state index in [1.54, 1.807) is 14.0 Å². The Labute approximate surface area is 197 Å². The molecule has 1 N–H and O–H groups in total. The number of methoxy groups -OCH3 is 1. The molecule has 1 aliphatic heterocycles. The topological polar surface area (TPSA) is 62.2 Å². The molecule has 178 valence electrons. The van der Waals surface area contributed by atoms with E-state index < -0.39 is 6.10 Å². The molecule has 2 aromatic rings. The Morgan fingerprint density at radius 2 is 1.85 bits per heavy atom. The molecule has 0 aromatic heterocycles. The number of nitrogens with zero attached hydrogens (tertiary/aromatic N) is 2. The summed E-state index contributed by atoms with van der Waals surface area (Å²) in [6.07, 6.45) is 5.19. The van der Waals surface area contributed by atoms with Gasteiger partial charge >= 0.3 is 0 Å². The van der Waals surface area contributed by atoms with Gasteiger partial charge in [0.25, 0.3) is 0 Å². The molecule has 1 amide bonds. The lowest BCUT2D eigenvalue weighted by atomic mass is 10.0. The summed E-state index contributed by atoms with van der Waals surface area (Å²) in [5.74, 6) is 1.58. The number of carbonyl (C=O) groups excluding carboxylic acids is 1.